The van der Waals surface area contributed by atoms with Crippen LogP contribution in [-0.2, 0) is 19.6 Å². The molecule has 0 radical (unpaired) electrons. The number of amides is 1. The van der Waals surface area contributed by atoms with Gasteiger partial charge in [-0.1, -0.05) is 18.2 Å². The van der Waals surface area contributed by atoms with Crippen LogP contribution in [0.25, 0.3) is 0 Å². The predicted octanol–water partition coefficient (Wildman–Crippen LogP) is 3.47. The molecule has 3 aromatic carbocycles. The Bertz CT molecular complexity index is 1330. The fourth-order valence-corrected chi connectivity index (χ4v) is 4.48. The summed E-state index contributed by atoms with van der Waals surface area (Å²) in [5.41, 5.74) is 1.11. The molecule has 1 N–H and O–H groups in total. The maximum atomic E-state index is 12.8. The molecule has 4 rings (SSSR count). The van der Waals surface area contributed by atoms with E-state index in [1.165, 1.54) is 48.2 Å². The number of fused-ring (bicyclic) bond motifs is 1. The Hall–Kier alpha value is -4.05. The van der Waals surface area contributed by atoms with Crippen LogP contribution in [-0.4, -0.2) is 46.7 Å². The number of nitrogens with one attached hydrogen (secondary N) is 1. The van der Waals surface area contributed by atoms with Crippen LogP contribution >= 0.6 is 0 Å². The van der Waals surface area contributed by atoms with E-state index in [1.54, 1.807) is 37.4 Å². The van der Waals surface area contributed by atoms with E-state index in [4.69, 9.17) is 14.2 Å². The first-order valence-corrected chi connectivity index (χ1v) is 12.3. The van der Waals surface area contributed by atoms with Crippen LogP contribution in [0.3, 0.4) is 0 Å². The number of carbonyl (C=O) groups is 2. The van der Waals surface area contributed by atoms with Crippen LogP contribution in [0.2, 0.25) is 0 Å². The molecule has 182 valence electrons. The quantitative estimate of drug-likeness (QED) is 0.499. The lowest BCUT2D eigenvalue weighted by Crippen LogP contribution is -2.37. The molecule has 0 aliphatic carbocycles. The zero-order valence-corrected chi connectivity index (χ0v) is 19.9. The summed E-state index contributed by atoms with van der Waals surface area (Å²) in [6.45, 7) is 2.24. The summed E-state index contributed by atoms with van der Waals surface area (Å²) >= 11 is 0. The van der Waals surface area contributed by atoms with Crippen molar-refractivity contribution in [1.29, 1.82) is 0 Å². The van der Waals surface area contributed by atoms with Gasteiger partial charge >= 0.3 is 5.97 Å². The molecule has 0 unspecified atom stereocenters. The minimum absolute atomic E-state index is 0.0140. The third-order valence-corrected chi connectivity index (χ3v) is 6.68. The molecular formula is C25H24N2O7S. The minimum Gasteiger partial charge on any atom is -0.486 e. The molecule has 1 aliphatic rings. The van der Waals surface area contributed by atoms with E-state index in [0.29, 0.717) is 30.4 Å². The standard InChI is InChI=1S/C25H24N2O7S/c1-17(24(28)27(2)20-6-4-3-5-7-20)34-25(29)18-8-10-19(11-9-18)26-35(30,31)21-12-13-22-23(16-21)33-15-14-32-22/h3-13,16-17,26H,14-15H2,1-2H3/t17-/m0/s1. The summed E-state index contributed by atoms with van der Waals surface area (Å²) in [6, 6.07) is 19.1. The lowest BCUT2D eigenvalue weighted by atomic mass is 10.2. The Morgan fingerprint density at radius 1 is 0.943 bits per heavy atom. The highest BCUT2D eigenvalue weighted by molar-refractivity contribution is 7.92. The SMILES string of the molecule is C[C@H](OC(=O)c1ccc(NS(=O)(=O)c2ccc3c(c2)OCCO3)cc1)C(=O)N(C)c1ccccc1. The molecule has 1 amide bonds. The number of carbonyl (C=O) groups excluding carboxylic acids is 2. The molecule has 0 saturated carbocycles. The summed E-state index contributed by atoms with van der Waals surface area (Å²) in [5, 5.41) is 0. The van der Waals surface area contributed by atoms with Crippen LogP contribution in [0.5, 0.6) is 11.5 Å². The zero-order valence-electron chi connectivity index (χ0n) is 19.1. The van der Waals surface area contributed by atoms with Crippen molar-refractivity contribution >= 4 is 33.3 Å². The van der Waals surface area contributed by atoms with Gasteiger partial charge in [0.15, 0.2) is 17.6 Å². The van der Waals surface area contributed by atoms with Crippen molar-refractivity contribution in [3.63, 3.8) is 0 Å². The Labute approximate surface area is 203 Å². The first-order chi connectivity index (χ1) is 16.7. The number of hydrogen-bond donors (Lipinski definition) is 1. The number of para-hydroxylation sites is 1. The van der Waals surface area contributed by atoms with Crippen molar-refractivity contribution in [3.8, 4) is 11.5 Å². The van der Waals surface area contributed by atoms with E-state index in [2.05, 4.69) is 4.72 Å². The van der Waals surface area contributed by atoms with Crippen molar-refractivity contribution in [3.05, 3.63) is 78.4 Å². The van der Waals surface area contributed by atoms with Crippen LogP contribution in [0.4, 0.5) is 11.4 Å². The fourth-order valence-electron chi connectivity index (χ4n) is 3.41. The van der Waals surface area contributed by atoms with E-state index in [9.17, 15) is 18.0 Å². The second kappa shape index (κ2) is 10.1. The number of rotatable bonds is 7. The number of hydrogen-bond acceptors (Lipinski definition) is 7. The highest BCUT2D eigenvalue weighted by Crippen LogP contribution is 2.32. The summed E-state index contributed by atoms with van der Waals surface area (Å²) in [5.74, 6) is -0.235. The Balaban J connectivity index is 1.39. The monoisotopic (exact) mass is 496 g/mol. The Morgan fingerprint density at radius 3 is 2.29 bits per heavy atom. The lowest BCUT2D eigenvalue weighted by Gasteiger charge is -2.21. The number of benzene rings is 3. The van der Waals surface area contributed by atoms with Gasteiger partial charge in [-0.05, 0) is 55.5 Å². The van der Waals surface area contributed by atoms with Crippen LogP contribution < -0.4 is 19.1 Å². The van der Waals surface area contributed by atoms with E-state index in [1.807, 2.05) is 6.07 Å². The van der Waals surface area contributed by atoms with Crippen molar-refractivity contribution < 1.29 is 32.2 Å². The average Bonchev–Trinajstić information content (AvgIpc) is 2.88. The van der Waals surface area contributed by atoms with Gasteiger partial charge in [-0.25, -0.2) is 13.2 Å². The maximum absolute atomic E-state index is 12.8. The minimum atomic E-state index is -3.90. The summed E-state index contributed by atoms with van der Waals surface area (Å²) in [6.07, 6.45) is -1.01. The molecule has 9 nitrogen and oxygen atoms in total. The van der Waals surface area contributed by atoms with Crippen LogP contribution in [0, 0.1) is 0 Å². The average molecular weight is 497 g/mol. The Kier molecular flexibility index (Phi) is 6.92. The summed E-state index contributed by atoms with van der Waals surface area (Å²) in [4.78, 5) is 26.5. The van der Waals surface area contributed by atoms with Crippen LogP contribution in [0.1, 0.15) is 17.3 Å². The second-order valence-corrected chi connectivity index (χ2v) is 9.45. The smallest absolute Gasteiger partial charge is 0.338 e. The van der Waals surface area contributed by atoms with Gasteiger partial charge in [-0.3, -0.25) is 9.52 Å². The molecule has 0 fully saturated rings. The molecule has 1 atom stereocenters. The molecule has 10 heteroatoms. The maximum Gasteiger partial charge on any atom is 0.338 e. The predicted molar refractivity (Wildman–Crippen MR) is 129 cm³/mol. The zero-order chi connectivity index (χ0) is 25.0. The molecule has 1 heterocycles. The normalized spacial score (nSPS) is 13.4. The third kappa shape index (κ3) is 5.55. The molecule has 0 spiro atoms. The van der Waals surface area contributed by atoms with Gasteiger partial charge in [0.25, 0.3) is 15.9 Å². The topological polar surface area (TPSA) is 111 Å². The molecular weight excluding hydrogens is 472 g/mol. The largest absolute Gasteiger partial charge is 0.486 e. The molecule has 0 bridgehead atoms. The number of esters is 1. The number of anilines is 2. The van der Waals surface area contributed by atoms with Crippen molar-refractivity contribution in [2.75, 3.05) is 29.9 Å². The van der Waals surface area contributed by atoms with Gasteiger partial charge < -0.3 is 19.1 Å². The number of likely N-dealkylation sites (N-methyl/N-ethyl adjacent to an activating group) is 1. The molecule has 0 aromatic heterocycles. The molecule has 35 heavy (non-hydrogen) atoms. The lowest BCUT2D eigenvalue weighted by molar-refractivity contribution is -0.126. The first-order valence-electron chi connectivity index (χ1n) is 10.8. The highest BCUT2D eigenvalue weighted by atomic mass is 32.2. The van der Waals surface area contributed by atoms with E-state index >= 15 is 0 Å². The molecule has 1 aliphatic heterocycles. The van der Waals surface area contributed by atoms with Gasteiger partial charge in [0.1, 0.15) is 13.2 Å². The van der Waals surface area contributed by atoms with Gasteiger partial charge in [0.2, 0.25) is 0 Å². The van der Waals surface area contributed by atoms with Crippen molar-refractivity contribution in [2.45, 2.75) is 17.9 Å². The number of nitrogens with zero attached hydrogens (tertiary/aromatic N) is 1. The van der Waals surface area contributed by atoms with E-state index < -0.39 is 22.1 Å². The van der Waals surface area contributed by atoms with E-state index in [0.717, 1.165) is 0 Å². The fraction of sp³-hybridized carbons (Fsp3) is 0.200. The van der Waals surface area contributed by atoms with E-state index in [-0.39, 0.29) is 22.1 Å². The van der Waals surface area contributed by atoms with Crippen LogP contribution in [0.15, 0.2) is 77.7 Å². The molecule has 3 aromatic rings. The van der Waals surface area contributed by atoms with Gasteiger partial charge in [0.05, 0.1) is 10.5 Å². The highest BCUT2D eigenvalue weighted by Gasteiger charge is 2.24. The Morgan fingerprint density at radius 2 is 1.60 bits per heavy atom. The first kappa shape index (κ1) is 24.1. The summed E-state index contributed by atoms with van der Waals surface area (Å²) < 4.78 is 44.2. The summed E-state index contributed by atoms with van der Waals surface area (Å²) in [7, 11) is -2.30. The van der Waals surface area contributed by atoms with Crippen molar-refractivity contribution in [2.24, 2.45) is 0 Å². The van der Waals surface area contributed by atoms with Crippen molar-refractivity contribution in [1.82, 2.24) is 0 Å². The van der Waals surface area contributed by atoms with Gasteiger partial charge in [-0.15, -0.1) is 0 Å². The van der Waals surface area contributed by atoms with Gasteiger partial charge in [-0.2, -0.15) is 0 Å². The third-order valence-electron chi connectivity index (χ3n) is 5.30. The number of sulfonamides is 1. The van der Waals surface area contributed by atoms with Gasteiger partial charge in [0, 0.05) is 24.5 Å². The second-order valence-electron chi connectivity index (χ2n) is 7.77. The number of ether oxygens (including phenoxy) is 3. The molecule has 0 saturated heterocycles.